The predicted molar refractivity (Wildman–Crippen MR) is 101 cm³/mol. The Morgan fingerprint density at radius 3 is 2.80 bits per heavy atom. The normalized spacial score (nSPS) is 11.8. The number of nitrogens with zero attached hydrogens (tertiary/aromatic N) is 1. The Morgan fingerprint density at radius 1 is 1.36 bits per heavy atom. The molecule has 0 spiro atoms. The Bertz CT molecular complexity index is 731. The van der Waals surface area contributed by atoms with Gasteiger partial charge in [0, 0.05) is 22.9 Å². The number of aryl methyl sites for hydroxylation is 1. The zero-order valence-corrected chi connectivity index (χ0v) is 16.2. The molecule has 0 aliphatic carbocycles. The van der Waals surface area contributed by atoms with E-state index in [4.69, 9.17) is 4.74 Å². The minimum atomic E-state index is -0.481. The van der Waals surface area contributed by atoms with Crippen LogP contribution in [0.25, 0.3) is 0 Å². The van der Waals surface area contributed by atoms with E-state index in [1.54, 1.807) is 35.2 Å². The van der Waals surface area contributed by atoms with Gasteiger partial charge in [0.15, 0.2) is 6.61 Å². The molecule has 1 aromatic carbocycles. The van der Waals surface area contributed by atoms with Gasteiger partial charge in [0.25, 0.3) is 5.91 Å². The van der Waals surface area contributed by atoms with Crippen molar-refractivity contribution in [1.29, 1.82) is 0 Å². The Balaban J connectivity index is 1.94. The van der Waals surface area contributed by atoms with Crippen molar-refractivity contribution in [3.8, 4) is 0 Å². The molecule has 7 heteroatoms. The van der Waals surface area contributed by atoms with Crippen LogP contribution >= 0.6 is 23.1 Å². The monoisotopic (exact) mass is 378 g/mol. The Labute approximate surface area is 156 Å². The SMILES string of the molecule is CC[C@H](C)NC(=O)COC(=O)c1ccccc1CSc1nc(C)cs1. The number of carbonyl (C=O) groups is 2. The molecule has 0 saturated carbocycles. The van der Waals surface area contributed by atoms with Crippen molar-refractivity contribution >= 4 is 35.0 Å². The molecule has 0 aliphatic rings. The third-order valence-electron chi connectivity index (χ3n) is 3.54. The maximum atomic E-state index is 12.3. The molecule has 1 aromatic heterocycles. The molecular formula is C18H22N2O3S2. The largest absolute Gasteiger partial charge is 0.452 e. The molecule has 134 valence electrons. The summed E-state index contributed by atoms with van der Waals surface area (Å²) in [6.45, 7) is 5.58. The van der Waals surface area contributed by atoms with Crippen LogP contribution in [-0.2, 0) is 15.3 Å². The van der Waals surface area contributed by atoms with Crippen LogP contribution < -0.4 is 5.32 Å². The molecule has 0 unspecified atom stereocenters. The Hall–Kier alpha value is -1.86. The fourth-order valence-electron chi connectivity index (χ4n) is 2.01. The number of aromatic nitrogens is 1. The van der Waals surface area contributed by atoms with Gasteiger partial charge in [-0.25, -0.2) is 9.78 Å². The van der Waals surface area contributed by atoms with Crippen molar-refractivity contribution in [2.24, 2.45) is 0 Å². The lowest BCUT2D eigenvalue weighted by Crippen LogP contribution is -2.35. The summed E-state index contributed by atoms with van der Waals surface area (Å²) in [5.41, 5.74) is 2.35. The lowest BCUT2D eigenvalue weighted by molar-refractivity contribution is -0.124. The van der Waals surface area contributed by atoms with E-state index in [1.807, 2.05) is 38.3 Å². The fraction of sp³-hybridized carbons (Fsp3) is 0.389. The first kappa shape index (κ1) is 19.5. The summed E-state index contributed by atoms with van der Waals surface area (Å²) in [5.74, 6) is -0.143. The number of thiazole rings is 1. The van der Waals surface area contributed by atoms with Crippen LogP contribution in [0.4, 0.5) is 0 Å². The van der Waals surface area contributed by atoms with E-state index < -0.39 is 5.97 Å². The molecule has 1 atom stereocenters. The van der Waals surface area contributed by atoms with Crippen LogP contribution in [-0.4, -0.2) is 29.5 Å². The molecule has 2 aromatic rings. The van der Waals surface area contributed by atoms with E-state index in [9.17, 15) is 9.59 Å². The lowest BCUT2D eigenvalue weighted by atomic mass is 10.1. The average Bonchev–Trinajstić information content (AvgIpc) is 3.03. The minimum absolute atomic E-state index is 0.0663. The van der Waals surface area contributed by atoms with Gasteiger partial charge in [0.2, 0.25) is 0 Å². The van der Waals surface area contributed by atoms with Crippen molar-refractivity contribution in [2.45, 2.75) is 43.3 Å². The number of carbonyl (C=O) groups excluding carboxylic acids is 2. The van der Waals surface area contributed by atoms with Gasteiger partial charge in [-0.2, -0.15) is 0 Å². The molecular weight excluding hydrogens is 356 g/mol. The first-order valence-electron chi connectivity index (χ1n) is 8.09. The second kappa shape index (κ2) is 9.58. The van der Waals surface area contributed by atoms with Gasteiger partial charge < -0.3 is 10.1 Å². The van der Waals surface area contributed by atoms with Gasteiger partial charge in [0.05, 0.1) is 5.56 Å². The highest BCUT2D eigenvalue weighted by Crippen LogP contribution is 2.27. The molecule has 25 heavy (non-hydrogen) atoms. The third-order valence-corrected chi connectivity index (χ3v) is 5.73. The van der Waals surface area contributed by atoms with E-state index in [1.165, 1.54) is 0 Å². The number of amides is 1. The zero-order valence-electron chi connectivity index (χ0n) is 14.6. The first-order chi connectivity index (χ1) is 12.0. The maximum Gasteiger partial charge on any atom is 0.338 e. The van der Waals surface area contributed by atoms with E-state index in [0.717, 1.165) is 22.0 Å². The molecule has 1 N–H and O–H groups in total. The number of esters is 1. The summed E-state index contributed by atoms with van der Waals surface area (Å²) in [4.78, 5) is 28.5. The molecule has 0 saturated heterocycles. The Morgan fingerprint density at radius 2 is 2.12 bits per heavy atom. The Kier molecular flexibility index (Phi) is 7.46. The van der Waals surface area contributed by atoms with Gasteiger partial charge in [-0.3, -0.25) is 4.79 Å². The van der Waals surface area contributed by atoms with Crippen LogP contribution in [0.2, 0.25) is 0 Å². The van der Waals surface area contributed by atoms with Gasteiger partial charge in [-0.15, -0.1) is 11.3 Å². The predicted octanol–water partition coefficient (Wildman–Crippen LogP) is 3.82. The molecule has 0 bridgehead atoms. The summed E-state index contributed by atoms with van der Waals surface area (Å²) < 4.78 is 6.13. The van der Waals surface area contributed by atoms with E-state index in [2.05, 4.69) is 10.3 Å². The van der Waals surface area contributed by atoms with Crippen molar-refractivity contribution in [2.75, 3.05) is 6.61 Å². The third kappa shape index (κ3) is 6.17. The molecule has 1 heterocycles. The van der Waals surface area contributed by atoms with Crippen molar-refractivity contribution in [3.05, 3.63) is 46.5 Å². The highest BCUT2D eigenvalue weighted by molar-refractivity contribution is 8.00. The number of benzene rings is 1. The van der Waals surface area contributed by atoms with Crippen LogP contribution in [0.15, 0.2) is 34.0 Å². The molecule has 0 aliphatic heterocycles. The molecule has 2 rings (SSSR count). The van der Waals surface area contributed by atoms with Crippen LogP contribution in [0, 0.1) is 6.92 Å². The maximum absolute atomic E-state index is 12.3. The second-order valence-electron chi connectivity index (χ2n) is 5.65. The van der Waals surface area contributed by atoms with Gasteiger partial charge >= 0.3 is 5.97 Å². The van der Waals surface area contributed by atoms with Gasteiger partial charge in [-0.05, 0) is 31.9 Å². The number of nitrogens with one attached hydrogen (secondary N) is 1. The summed E-state index contributed by atoms with van der Waals surface area (Å²) in [6.07, 6.45) is 0.829. The van der Waals surface area contributed by atoms with E-state index >= 15 is 0 Å². The molecule has 0 radical (unpaired) electrons. The number of hydrogen-bond acceptors (Lipinski definition) is 6. The quantitative estimate of drug-likeness (QED) is 0.559. The van der Waals surface area contributed by atoms with E-state index in [0.29, 0.717) is 11.3 Å². The number of rotatable bonds is 8. The second-order valence-corrected chi connectivity index (χ2v) is 7.73. The average molecular weight is 379 g/mol. The first-order valence-corrected chi connectivity index (χ1v) is 9.95. The topological polar surface area (TPSA) is 68.3 Å². The van der Waals surface area contributed by atoms with Crippen molar-refractivity contribution in [3.63, 3.8) is 0 Å². The van der Waals surface area contributed by atoms with Crippen LogP contribution in [0.1, 0.15) is 41.9 Å². The lowest BCUT2D eigenvalue weighted by Gasteiger charge is -2.12. The van der Waals surface area contributed by atoms with Gasteiger partial charge in [-0.1, -0.05) is 36.9 Å². The summed E-state index contributed by atoms with van der Waals surface area (Å²) in [6, 6.07) is 7.35. The highest BCUT2D eigenvalue weighted by Gasteiger charge is 2.15. The molecule has 1 amide bonds. The smallest absolute Gasteiger partial charge is 0.338 e. The standard InChI is InChI=1S/C18H22N2O3S2/c1-4-12(2)19-16(21)9-23-17(22)15-8-6-5-7-14(15)11-25-18-20-13(3)10-24-18/h5-8,10,12H,4,9,11H2,1-3H3,(H,19,21)/t12-/m0/s1. The van der Waals surface area contributed by atoms with Crippen LogP contribution in [0.3, 0.4) is 0 Å². The molecule has 5 nitrogen and oxygen atoms in total. The van der Waals surface area contributed by atoms with Gasteiger partial charge in [0.1, 0.15) is 4.34 Å². The van der Waals surface area contributed by atoms with Crippen LogP contribution in [0.5, 0.6) is 0 Å². The van der Waals surface area contributed by atoms with E-state index in [-0.39, 0.29) is 18.6 Å². The highest BCUT2D eigenvalue weighted by atomic mass is 32.2. The molecule has 0 fully saturated rings. The summed E-state index contributed by atoms with van der Waals surface area (Å²) >= 11 is 3.17. The summed E-state index contributed by atoms with van der Waals surface area (Å²) in [7, 11) is 0. The number of ether oxygens (including phenoxy) is 1. The minimum Gasteiger partial charge on any atom is -0.452 e. The van der Waals surface area contributed by atoms with Crippen molar-refractivity contribution < 1.29 is 14.3 Å². The number of hydrogen-bond donors (Lipinski definition) is 1. The summed E-state index contributed by atoms with van der Waals surface area (Å²) in [5, 5.41) is 4.77. The van der Waals surface area contributed by atoms with Crippen molar-refractivity contribution in [1.82, 2.24) is 10.3 Å². The fourth-order valence-corrected chi connectivity index (χ4v) is 3.86. The number of thioether (sulfide) groups is 1. The zero-order chi connectivity index (χ0) is 18.2.